The van der Waals surface area contributed by atoms with Crippen LogP contribution in [0.4, 0.5) is 0 Å². The maximum absolute atomic E-state index is 9.03. The first-order valence-electron chi connectivity index (χ1n) is 3.94. The van der Waals surface area contributed by atoms with E-state index in [4.69, 9.17) is 5.11 Å². The van der Waals surface area contributed by atoms with Crippen LogP contribution in [-0.4, -0.2) is 17.7 Å². The van der Waals surface area contributed by atoms with Crippen molar-refractivity contribution in [3.8, 4) is 0 Å². The Bertz CT molecular complexity index is 131. The molecule has 2 nitrogen and oxygen atoms in total. The SMILES string of the molecule is CCNC1CC=C(O)CC1. The lowest BCUT2D eigenvalue weighted by Crippen LogP contribution is -2.29. The van der Waals surface area contributed by atoms with Crippen molar-refractivity contribution in [2.45, 2.75) is 32.2 Å². The molecule has 0 fully saturated rings. The van der Waals surface area contributed by atoms with E-state index in [1.54, 1.807) is 0 Å². The average molecular weight is 141 g/mol. The molecular weight excluding hydrogens is 126 g/mol. The van der Waals surface area contributed by atoms with Crippen molar-refractivity contribution >= 4 is 0 Å². The Hall–Kier alpha value is -0.500. The number of hydrogen-bond acceptors (Lipinski definition) is 2. The molecule has 1 unspecified atom stereocenters. The molecular formula is C8H15NO. The second-order valence-corrected chi connectivity index (χ2v) is 2.72. The zero-order valence-electron chi connectivity index (χ0n) is 6.43. The van der Waals surface area contributed by atoms with E-state index in [-0.39, 0.29) is 0 Å². The second kappa shape index (κ2) is 3.62. The smallest absolute Gasteiger partial charge is 0.0884 e. The van der Waals surface area contributed by atoms with Gasteiger partial charge in [0.25, 0.3) is 0 Å². The molecule has 1 aliphatic carbocycles. The molecule has 0 aliphatic heterocycles. The topological polar surface area (TPSA) is 32.3 Å². The molecule has 0 spiro atoms. The van der Waals surface area contributed by atoms with Crippen molar-refractivity contribution in [2.75, 3.05) is 6.54 Å². The van der Waals surface area contributed by atoms with Gasteiger partial charge < -0.3 is 10.4 Å². The first kappa shape index (κ1) is 7.61. The third-order valence-corrected chi connectivity index (χ3v) is 1.88. The summed E-state index contributed by atoms with van der Waals surface area (Å²) in [5.74, 6) is 0.564. The Kier molecular flexibility index (Phi) is 2.75. The van der Waals surface area contributed by atoms with Crippen molar-refractivity contribution in [3.63, 3.8) is 0 Å². The van der Waals surface area contributed by atoms with E-state index in [0.29, 0.717) is 11.8 Å². The van der Waals surface area contributed by atoms with E-state index in [1.165, 1.54) is 0 Å². The van der Waals surface area contributed by atoms with Crippen LogP contribution < -0.4 is 5.32 Å². The van der Waals surface area contributed by atoms with Crippen LogP contribution in [0.2, 0.25) is 0 Å². The number of aliphatic hydroxyl groups excluding tert-OH is 1. The third kappa shape index (κ3) is 2.03. The first-order chi connectivity index (χ1) is 4.83. The van der Waals surface area contributed by atoms with Gasteiger partial charge in [-0.05, 0) is 25.5 Å². The highest BCUT2D eigenvalue weighted by Gasteiger charge is 2.11. The van der Waals surface area contributed by atoms with Crippen LogP contribution in [0.3, 0.4) is 0 Å². The summed E-state index contributed by atoms with van der Waals surface area (Å²) in [6, 6.07) is 0.598. The Morgan fingerprint density at radius 3 is 3.10 bits per heavy atom. The molecule has 2 heteroatoms. The lowest BCUT2D eigenvalue weighted by molar-refractivity contribution is 0.344. The number of hydrogen-bond donors (Lipinski definition) is 2. The Morgan fingerprint density at radius 1 is 1.80 bits per heavy atom. The van der Waals surface area contributed by atoms with Gasteiger partial charge in [0, 0.05) is 12.5 Å². The maximum Gasteiger partial charge on any atom is 0.0884 e. The third-order valence-electron chi connectivity index (χ3n) is 1.88. The lowest BCUT2D eigenvalue weighted by Gasteiger charge is -2.19. The number of allylic oxidation sites excluding steroid dienone is 1. The second-order valence-electron chi connectivity index (χ2n) is 2.72. The van der Waals surface area contributed by atoms with Crippen LogP contribution in [0.25, 0.3) is 0 Å². The van der Waals surface area contributed by atoms with E-state index in [9.17, 15) is 0 Å². The standard InChI is InChI=1S/C8H15NO/c1-2-9-7-3-5-8(10)6-4-7/h5,7,9-10H,2-4,6H2,1H3. The van der Waals surface area contributed by atoms with Gasteiger partial charge in [-0.3, -0.25) is 0 Å². The summed E-state index contributed by atoms with van der Waals surface area (Å²) >= 11 is 0. The molecule has 0 heterocycles. The van der Waals surface area contributed by atoms with Gasteiger partial charge in [0.05, 0.1) is 5.76 Å². The Labute approximate surface area is 61.9 Å². The predicted octanol–water partition coefficient (Wildman–Crippen LogP) is 1.59. The fraction of sp³-hybridized carbons (Fsp3) is 0.750. The van der Waals surface area contributed by atoms with Gasteiger partial charge in [-0.25, -0.2) is 0 Å². The molecule has 1 atom stereocenters. The van der Waals surface area contributed by atoms with Crippen LogP contribution in [0, 0.1) is 0 Å². The van der Waals surface area contributed by atoms with Crippen LogP contribution in [0.15, 0.2) is 11.8 Å². The minimum Gasteiger partial charge on any atom is -0.513 e. The van der Waals surface area contributed by atoms with Crippen molar-refractivity contribution in [1.82, 2.24) is 5.32 Å². The summed E-state index contributed by atoms with van der Waals surface area (Å²) in [5, 5.41) is 12.4. The normalized spacial score (nSPS) is 26.1. The van der Waals surface area contributed by atoms with E-state index in [0.717, 1.165) is 25.8 Å². The Morgan fingerprint density at radius 2 is 2.60 bits per heavy atom. The molecule has 0 bridgehead atoms. The summed E-state index contributed by atoms with van der Waals surface area (Å²) < 4.78 is 0. The molecule has 2 N–H and O–H groups in total. The molecule has 10 heavy (non-hydrogen) atoms. The highest BCUT2D eigenvalue weighted by atomic mass is 16.3. The van der Waals surface area contributed by atoms with Crippen LogP contribution in [0.1, 0.15) is 26.2 Å². The maximum atomic E-state index is 9.03. The van der Waals surface area contributed by atoms with E-state index in [2.05, 4.69) is 12.2 Å². The van der Waals surface area contributed by atoms with Gasteiger partial charge in [-0.2, -0.15) is 0 Å². The van der Waals surface area contributed by atoms with Crippen LogP contribution >= 0.6 is 0 Å². The largest absolute Gasteiger partial charge is 0.513 e. The minimum absolute atomic E-state index is 0.564. The van der Waals surface area contributed by atoms with Crippen LogP contribution in [-0.2, 0) is 0 Å². The fourth-order valence-electron chi connectivity index (χ4n) is 1.29. The van der Waals surface area contributed by atoms with Gasteiger partial charge in [0.15, 0.2) is 0 Å². The number of nitrogens with one attached hydrogen (secondary N) is 1. The molecule has 58 valence electrons. The average Bonchev–Trinajstić information content (AvgIpc) is 1.95. The first-order valence-corrected chi connectivity index (χ1v) is 3.94. The summed E-state index contributed by atoms with van der Waals surface area (Å²) in [5.41, 5.74) is 0. The zero-order valence-corrected chi connectivity index (χ0v) is 6.43. The molecule has 0 aromatic rings. The molecule has 0 aromatic heterocycles. The molecule has 0 saturated carbocycles. The summed E-state index contributed by atoms with van der Waals surface area (Å²) in [4.78, 5) is 0. The van der Waals surface area contributed by atoms with Gasteiger partial charge >= 0.3 is 0 Å². The van der Waals surface area contributed by atoms with Crippen molar-refractivity contribution in [3.05, 3.63) is 11.8 Å². The van der Waals surface area contributed by atoms with Crippen LogP contribution in [0.5, 0.6) is 0 Å². The zero-order chi connectivity index (χ0) is 7.40. The molecule has 1 rings (SSSR count). The predicted molar refractivity (Wildman–Crippen MR) is 42.0 cm³/mol. The quantitative estimate of drug-likeness (QED) is 0.612. The summed E-state index contributed by atoms with van der Waals surface area (Å²) in [6.07, 6.45) is 4.82. The molecule has 0 radical (unpaired) electrons. The molecule has 0 amide bonds. The number of aliphatic hydroxyl groups is 1. The molecule has 0 aromatic carbocycles. The van der Waals surface area contributed by atoms with E-state index in [1.807, 2.05) is 6.08 Å². The summed E-state index contributed by atoms with van der Waals surface area (Å²) in [6.45, 7) is 3.14. The number of rotatable bonds is 2. The van der Waals surface area contributed by atoms with E-state index < -0.39 is 0 Å². The van der Waals surface area contributed by atoms with Gasteiger partial charge in [0.2, 0.25) is 0 Å². The van der Waals surface area contributed by atoms with Gasteiger partial charge in [-0.15, -0.1) is 0 Å². The lowest BCUT2D eigenvalue weighted by atomic mass is 10.0. The molecule has 0 saturated heterocycles. The van der Waals surface area contributed by atoms with Crippen molar-refractivity contribution in [1.29, 1.82) is 0 Å². The minimum atomic E-state index is 0.564. The van der Waals surface area contributed by atoms with Crippen molar-refractivity contribution in [2.24, 2.45) is 0 Å². The van der Waals surface area contributed by atoms with Gasteiger partial charge in [-0.1, -0.05) is 6.92 Å². The molecule has 1 aliphatic rings. The summed E-state index contributed by atoms with van der Waals surface area (Å²) in [7, 11) is 0. The fourth-order valence-corrected chi connectivity index (χ4v) is 1.29. The van der Waals surface area contributed by atoms with Gasteiger partial charge in [0.1, 0.15) is 0 Å². The monoisotopic (exact) mass is 141 g/mol. The van der Waals surface area contributed by atoms with Crippen molar-refractivity contribution < 1.29 is 5.11 Å². The highest BCUT2D eigenvalue weighted by Crippen LogP contribution is 2.15. The highest BCUT2D eigenvalue weighted by molar-refractivity contribution is 4.99. The Balaban J connectivity index is 2.27. The van der Waals surface area contributed by atoms with E-state index >= 15 is 0 Å².